The number of aryl methyl sites for hydroxylation is 1. The van der Waals surface area contributed by atoms with Crippen molar-refractivity contribution in [1.29, 1.82) is 0 Å². The molecule has 1 fully saturated rings. The van der Waals surface area contributed by atoms with Crippen LogP contribution in [-0.2, 0) is 4.79 Å². The summed E-state index contributed by atoms with van der Waals surface area (Å²) in [4.78, 5) is 20.8. The fourth-order valence-corrected chi connectivity index (χ4v) is 2.70. The minimum Gasteiger partial charge on any atom is -0.326 e. The van der Waals surface area contributed by atoms with E-state index in [1.807, 2.05) is 37.3 Å². The number of nitrogens with zero attached hydrogens (tertiary/aromatic N) is 2. The third kappa shape index (κ3) is 3.49. The van der Waals surface area contributed by atoms with Gasteiger partial charge in [0.2, 0.25) is 5.91 Å². The van der Waals surface area contributed by atoms with E-state index in [1.54, 1.807) is 6.20 Å². The molecule has 0 spiro atoms. The summed E-state index contributed by atoms with van der Waals surface area (Å²) < 4.78 is 0. The van der Waals surface area contributed by atoms with Crippen molar-refractivity contribution >= 4 is 11.6 Å². The third-order valence-electron chi connectivity index (χ3n) is 3.91. The number of carbonyl (C=O) groups is 1. The van der Waals surface area contributed by atoms with E-state index < -0.39 is 0 Å². The van der Waals surface area contributed by atoms with E-state index in [2.05, 4.69) is 20.6 Å². The molecule has 0 bridgehead atoms. The molecule has 0 atom stereocenters. The zero-order valence-corrected chi connectivity index (χ0v) is 12.7. The van der Waals surface area contributed by atoms with Gasteiger partial charge >= 0.3 is 0 Å². The van der Waals surface area contributed by atoms with Gasteiger partial charge in [-0.05, 0) is 51.1 Å². The second kappa shape index (κ2) is 6.66. The Hall–Kier alpha value is -2.27. The maximum Gasteiger partial charge on any atom is 0.227 e. The molecule has 1 aliphatic heterocycles. The van der Waals surface area contributed by atoms with Crippen LogP contribution in [0.15, 0.2) is 36.5 Å². The van der Waals surface area contributed by atoms with Crippen molar-refractivity contribution < 1.29 is 4.79 Å². The summed E-state index contributed by atoms with van der Waals surface area (Å²) in [6, 6.07) is 9.67. The van der Waals surface area contributed by atoms with Crippen LogP contribution in [0.1, 0.15) is 18.7 Å². The van der Waals surface area contributed by atoms with E-state index >= 15 is 0 Å². The van der Waals surface area contributed by atoms with Gasteiger partial charge in [-0.3, -0.25) is 4.79 Å². The van der Waals surface area contributed by atoms with E-state index in [0.29, 0.717) is 0 Å². The highest BCUT2D eigenvalue weighted by Crippen LogP contribution is 2.22. The van der Waals surface area contributed by atoms with Gasteiger partial charge in [0, 0.05) is 23.4 Å². The van der Waals surface area contributed by atoms with Crippen molar-refractivity contribution in [2.75, 3.05) is 18.4 Å². The van der Waals surface area contributed by atoms with Crippen LogP contribution in [0.3, 0.4) is 0 Å². The van der Waals surface area contributed by atoms with E-state index in [-0.39, 0.29) is 11.8 Å². The molecule has 0 radical (unpaired) electrons. The van der Waals surface area contributed by atoms with Crippen molar-refractivity contribution in [3.05, 3.63) is 42.4 Å². The molecule has 114 valence electrons. The number of rotatable bonds is 3. The average Bonchev–Trinajstić information content (AvgIpc) is 2.56. The Morgan fingerprint density at radius 2 is 2.09 bits per heavy atom. The second-order valence-electron chi connectivity index (χ2n) is 5.58. The van der Waals surface area contributed by atoms with Gasteiger partial charge in [0.1, 0.15) is 5.82 Å². The lowest BCUT2D eigenvalue weighted by molar-refractivity contribution is -0.120. The smallest absolute Gasteiger partial charge is 0.227 e. The first-order valence-corrected chi connectivity index (χ1v) is 7.64. The van der Waals surface area contributed by atoms with E-state index in [0.717, 1.165) is 48.7 Å². The fraction of sp³-hybridized carbons (Fsp3) is 0.353. The van der Waals surface area contributed by atoms with Crippen LogP contribution in [0.5, 0.6) is 0 Å². The van der Waals surface area contributed by atoms with Crippen molar-refractivity contribution in [3.63, 3.8) is 0 Å². The van der Waals surface area contributed by atoms with Crippen molar-refractivity contribution in [3.8, 4) is 11.3 Å². The molecular weight excluding hydrogens is 276 g/mol. The zero-order chi connectivity index (χ0) is 15.4. The van der Waals surface area contributed by atoms with Crippen molar-refractivity contribution in [2.45, 2.75) is 19.8 Å². The Labute approximate surface area is 130 Å². The maximum absolute atomic E-state index is 12.3. The first-order valence-electron chi connectivity index (χ1n) is 7.64. The SMILES string of the molecule is Cc1nccc(-c2cccc(NC(=O)C3CCNCC3)c2)n1. The first kappa shape index (κ1) is 14.7. The largest absolute Gasteiger partial charge is 0.326 e. The van der Waals surface area contributed by atoms with Gasteiger partial charge in [0.05, 0.1) is 5.69 Å². The molecule has 1 aromatic heterocycles. The van der Waals surface area contributed by atoms with Crippen LogP contribution in [0.25, 0.3) is 11.3 Å². The zero-order valence-electron chi connectivity index (χ0n) is 12.7. The molecule has 5 nitrogen and oxygen atoms in total. The van der Waals surface area contributed by atoms with E-state index in [9.17, 15) is 4.79 Å². The third-order valence-corrected chi connectivity index (χ3v) is 3.91. The van der Waals surface area contributed by atoms with E-state index in [4.69, 9.17) is 0 Å². The number of benzene rings is 1. The van der Waals surface area contributed by atoms with Crippen LogP contribution < -0.4 is 10.6 Å². The van der Waals surface area contributed by atoms with Gasteiger partial charge in [-0.25, -0.2) is 9.97 Å². The Bertz CT molecular complexity index is 665. The average molecular weight is 296 g/mol. The number of carbonyl (C=O) groups excluding carboxylic acids is 1. The summed E-state index contributed by atoms with van der Waals surface area (Å²) in [5.41, 5.74) is 2.66. The quantitative estimate of drug-likeness (QED) is 0.912. The molecule has 1 amide bonds. The summed E-state index contributed by atoms with van der Waals surface area (Å²) in [5.74, 6) is 0.949. The number of piperidine rings is 1. The number of hydrogen-bond acceptors (Lipinski definition) is 4. The molecule has 0 aliphatic carbocycles. The standard InChI is InChI=1S/C17H20N4O/c1-12-19-10-7-16(20-12)14-3-2-4-15(11-14)21-17(22)13-5-8-18-9-6-13/h2-4,7,10-11,13,18H,5-6,8-9H2,1H3,(H,21,22). The minimum atomic E-state index is 0.103. The molecule has 2 heterocycles. The Kier molecular flexibility index (Phi) is 4.44. The molecule has 1 saturated heterocycles. The van der Waals surface area contributed by atoms with Crippen LogP contribution in [0.2, 0.25) is 0 Å². The summed E-state index contributed by atoms with van der Waals surface area (Å²) >= 11 is 0. The van der Waals surface area contributed by atoms with Crippen LogP contribution in [-0.4, -0.2) is 29.0 Å². The molecule has 0 saturated carbocycles. The molecule has 1 aliphatic rings. The highest BCUT2D eigenvalue weighted by Gasteiger charge is 2.20. The van der Waals surface area contributed by atoms with Gasteiger partial charge in [-0.1, -0.05) is 12.1 Å². The van der Waals surface area contributed by atoms with Gasteiger partial charge in [0.25, 0.3) is 0 Å². The number of amides is 1. The monoisotopic (exact) mass is 296 g/mol. The maximum atomic E-state index is 12.3. The number of anilines is 1. The normalized spacial score (nSPS) is 15.5. The molecule has 3 rings (SSSR count). The topological polar surface area (TPSA) is 66.9 Å². The molecule has 2 N–H and O–H groups in total. The summed E-state index contributed by atoms with van der Waals surface area (Å²) in [6.45, 7) is 3.70. The van der Waals surface area contributed by atoms with Crippen molar-refractivity contribution in [1.82, 2.24) is 15.3 Å². The predicted octanol–water partition coefficient (Wildman–Crippen LogP) is 2.39. The highest BCUT2D eigenvalue weighted by atomic mass is 16.1. The molecule has 1 aromatic carbocycles. The highest BCUT2D eigenvalue weighted by molar-refractivity contribution is 5.93. The Morgan fingerprint density at radius 3 is 2.86 bits per heavy atom. The van der Waals surface area contributed by atoms with E-state index in [1.165, 1.54) is 0 Å². The van der Waals surface area contributed by atoms with Gasteiger partial charge in [-0.15, -0.1) is 0 Å². The predicted molar refractivity (Wildman–Crippen MR) is 86.4 cm³/mol. The number of aromatic nitrogens is 2. The van der Waals surface area contributed by atoms with Gasteiger partial charge in [0.15, 0.2) is 0 Å². The molecule has 22 heavy (non-hydrogen) atoms. The number of nitrogens with one attached hydrogen (secondary N) is 2. The summed E-state index contributed by atoms with van der Waals surface area (Å²) in [6.07, 6.45) is 3.55. The van der Waals surface area contributed by atoms with Crippen LogP contribution in [0.4, 0.5) is 5.69 Å². The number of hydrogen-bond donors (Lipinski definition) is 2. The van der Waals surface area contributed by atoms with Gasteiger partial charge < -0.3 is 10.6 Å². The van der Waals surface area contributed by atoms with Crippen LogP contribution in [0, 0.1) is 12.8 Å². The fourth-order valence-electron chi connectivity index (χ4n) is 2.70. The lowest BCUT2D eigenvalue weighted by Crippen LogP contribution is -2.34. The lowest BCUT2D eigenvalue weighted by atomic mass is 9.97. The Balaban J connectivity index is 1.75. The molecule has 2 aromatic rings. The minimum absolute atomic E-state index is 0.103. The summed E-state index contributed by atoms with van der Waals surface area (Å²) in [5, 5.41) is 6.30. The second-order valence-corrected chi connectivity index (χ2v) is 5.58. The van der Waals surface area contributed by atoms with Gasteiger partial charge in [-0.2, -0.15) is 0 Å². The summed E-state index contributed by atoms with van der Waals surface area (Å²) in [7, 11) is 0. The lowest BCUT2D eigenvalue weighted by Gasteiger charge is -2.21. The molecular formula is C17H20N4O. The first-order chi connectivity index (χ1) is 10.7. The van der Waals surface area contributed by atoms with Crippen LogP contribution >= 0.6 is 0 Å². The van der Waals surface area contributed by atoms with Crippen molar-refractivity contribution in [2.24, 2.45) is 5.92 Å². The molecule has 0 unspecified atom stereocenters. The molecule has 5 heteroatoms. The Morgan fingerprint density at radius 1 is 1.27 bits per heavy atom.